The van der Waals surface area contributed by atoms with Crippen LogP contribution in [0.5, 0.6) is 0 Å². The molecule has 0 saturated carbocycles. The van der Waals surface area contributed by atoms with Crippen LogP contribution in [0.1, 0.15) is 5.82 Å². The second-order valence-corrected chi connectivity index (χ2v) is 3.41. The zero-order valence-electron chi connectivity index (χ0n) is 6.12. The number of halogens is 2. The van der Waals surface area contributed by atoms with Crippen molar-refractivity contribution in [1.29, 1.82) is 0 Å². The van der Waals surface area contributed by atoms with Gasteiger partial charge in [0.2, 0.25) is 11.1 Å². The predicted molar refractivity (Wildman–Crippen MR) is 48.2 cm³/mol. The number of fused-ring (bicyclic) bond motifs is 1. The van der Waals surface area contributed by atoms with Crippen LogP contribution in [0.4, 0.5) is 0 Å². The first-order valence-corrected chi connectivity index (χ1v) is 4.38. The third-order valence-corrected chi connectivity index (χ3v) is 2.21. The summed E-state index contributed by atoms with van der Waals surface area (Å²) in [5.41, 5.74) is 0. The minimum atomic E-state index is 0.363. The molecule has 6 heteroatoms. The number of aryl methyl sites for hydroxylation is 1. The van der Waals surface area contributed by atoms with Crippen molar-refractivity contribution >= 4 is 33.3 Å². The van der Waals surface area contributed by atoms with Gasteiger partial charge in [-0.3, -0.25) is 0 Å². The topological polar surface area (TPSA) is 43.1 Å². The first kappa shape index (κ1) is 7.94. The average molecular weight is 247 g/mol. The summed E-state index contributed by atoms with van der Waals surface area (Å²) in [6.45, 7) is 1.77. The van der Waals surface area contributed by atoms with E-state index in [1.807, 2.05) is 0 Å². The van der Waals surface area contributed by atoms with Crippen molar-refractivity contribution in [3.8, 4) is 0 Å². The lowest BCUT2D eigenvalue weighted by Crippen LogP contribution is -1.97. The Bertz CT molecular complexity index is 438. The van der Waals surface area contributed by atoms with Gasteiger partial charge >= 0.3 is 0 Å². The standard InChI is InChI=1S/C6H4BrClN4/c1-3-10-5(8)12-4(7)2-9-6(12)11-3/h2H,1H3. The maximum atomic E-state index is 5.85. The van der Waals surface area contributed by atoms with Gasteiger partial charge in [-0.25, -0.2) is 14.4 Å². The molecule has 62 valence electrons. The first-order chi connectivity index (χ1) is 5.68. The van der Waals surface area contributed by atoms with E-state index in [0.717, 1.165) is 4.60 Å². The van der Waals surface area contributed by atoms with E-state index >= 15 is 0 Å². The Morgan fingerprint density at radius 2 is 2.25 bits per heavy atom. The largest absolute Gasteiger partial charge is 0.245 e. The SMILES string of the molecule is Cc1nc(Cl)n2c(Br)cnc2n1. The number of nitrogens with zero attached hydrogens (tertiary/aromatic N) is 4. The van der Waals surface area contributed by atoms with Crippen LogP contribution >= 0.6 is 27.5 Å². The molecule has 0 radical (unpaired) electrons. The van der Waals surface area contributed by atoms with E-state index in [-0.39, 0.29) is 0 Å². The Kier molecular flexibility index (Phi) is 1.77. The van der Waals surface area contributed by atoms with Gasteiger partial charge in [0.15, 0.2) is 0 Å². The Hall–Kier alpha value is -0.680. The van der Waals surface area contributed by atoms with Gasteiger partial charge in [-0.2, -0.15) is 4.98 Å². The average Bonchev–Trinajstić information content (AvgIpc) is 2.31. The van der Waals surface area contributed by atoms with Crippen LogP contribution in [0.3, 0.4) is 0 Å². The summed E-state index contributed by atoms with van der Waals surface area (Å²) in [6.07, 6.45) is 1.63. The van der Waals surface area contributed by atoms with Gasteiger partial charge in [-0.15, -0.1) is 0 Å². The summed E-state index contributed by atoms with van der Waals surface area (Å²) in [6, 6.07) is 0. The zero-order valence-corrected chi connectivity index (χ0v) is 8.46. The van der Waals surface area contributed by atoms with E-state index in [9.17, 15) is 0 Å². The molecule has 0 amide bonds. The van der Waals surface area contributed by atoms with Crippen LogP contribution in [-0.2, 0) is 0 Å². The summed E-state index contributed by atoms with van der Waals surface area (Å²) < 4.78 is 2.37. The molecule has 0 saturated heterocycles. The van der Waals surface area contributed by atoms with Gasteiger partial charge in [0.05, 0.1) is 6.20 Å². The van der Waals surface area contributed by atoms with Gasteiger partial charge < -0.3 is 0 Å². The van der Waals surface area contributed by atoms with Crippen molar-refractivity contribution < 1.29 is 0 Å². The Morgan fingerprint density at radius 1 is 1.50 bits per heavy atom. The molecule has 0 N–H and O–H groups in total. The van der Waals surface area contributed by atoms with Crippen molar-refractivity contribution in [1.82, 2.24) is 19.4 Å². The summed E-state index contributed by atoms with van der Waals surface area (Å²) >= 11 is 9.13. The fourth-order valence-corrected chi connectivity index (χ4v) is 1.74. The van der Waals surface area contributed by atoms with Gasteiger partial charge in [0.1, 0.15) is 10.4 Å². The van der Waals surface area contributed by atoms with Crippen LogP contribution in [0, 0.1) is 6.92 Å². The van der Waals surface area contributed by atoms with Gasteiger partial charge in [0, 0.05) is 0 Å². The molecule has 2 aromatic heterocycles. The van der Waals surface area contributed by atoms with Crippen LogP contribution in [-0.4, -0.2) is 19.4 Å². The Balaban J connectivity index is 2.93. The van der Waals surface area contributed by atoms with E-state index < -0.39 is 0 Å². The first-order valence-electron chi connectivity index (χ1n) is 3.21. The summed E-state index contributed by atoms with van der Waals surface area (Å²) in [4.78, 5) is 12.1. The van der Waals surface area contributed by atoms with Crippen LogP contribution in [0.25, 0.3) is 5.78 Å². The number of imidazole rings is 1. The molecular weight excluding hydrogens is 243 g/mol. The van der Waals surface area contributed by atoms with Crippen LogP contribution < -0.4 is 0 Å². The van der Waals surface area contributed by atoms with Crippen molar-refractivity contribution in [2.45, 2.75) is 6.92 Å². The lowest BCUT2D eigenvalue weighted by atomic mass is 10.7. The minimum Gasteiger partial charge on any atom is -0.245 e. The molecule has 12 heavy (non-hydrogen) atoms. The molecule has 0 aliphatic heterocycles. The molecule has 0 aliphatic carbocycles. The molecule has 0 unspecified atom stereocenters. The fraction of sp³-hybridized carbons (Fsp3) is 0.167. The molecule has 2 rings (SSSR count). The molecular formula is C6H4BrClN4. The van der Waals surface area contributed by atoms with Crippen molar-refractivity contribution in [2.24, 2.45) is 0 Å². The number of aromatic nitrogens is 4. The smallest absolute Gasteiger partial charge is 0.238 e. The van der Waals surface area contributed by atoms with E-state index in [2.05, 4.69) is 30.9 Å². The van der Waals surface area contributed by atoms with E-state index in [4.69, 9.17) is 11.6 Å². The Labute approximate surface area is 81.7 Å². The van der Waals surface area contributed by atoms with Crippen LogP contribution in [0.15, 0.2) is 10.8 Å². The monoisotopic (exact) mass is 246 g/mol. The Morgan fingerprint density at radius 3 is 3.00 bits per heavy atom. The molecule has 4 nitrogen and oxygen atoms in total. The highest BCUT2D eigenvalue weighted by molar-refractivity contribution is 9.10. The van der Waals surface area contributed by atoms with Crippen LogP contribution in [0.2, 0.25) is 5.28 Å². The molecule has 0 aromatic carbocycles. The van der Waals surface area contributed by atoms with Crippen molar-refractivity contribution in [3.05, 3.63) is 21.9 Å². The fourth-order valence-electron chi connectivity index (χ4n) is 0.925. The predicted octanol–water partition coefficient (Wildman–Crippen LogP) is 1.85. The highest BCUT2D eigenvalue weighted by Gasteiger charge is 2.06. The molecule has 0 bridgehead atoms. The number of rotatable bonds is 0. The van der Waals surface area contributed by atoms with Crippen molar-refractivity contribution in [3.63, 3.8) is 0 Å². The van der Waals surface area contributed by atoms with E-state index in [1.54, 1.807) is 17.5 Å². The second kappa shape index (κ2) is 2.67. The molecule has 0 fully saturated rings. The highest BCUT2D eigenvalue weighted by Crippen LogP contribution is 2.16. The zero-order chi connectivity index (χ0) is 8.72. The summed E-state index contributed by atoms with van der Waals surface area (Å²) in [7, 11) is 0. The maximum absolute atomic E-state index is 5.85. The molecule has 0 spiro atoms. The lowest BCUT2D eigenvalue weighted by Gasteiger charge is -1.97. The van der Waals surface area contributed by atoms with Gasteiger partial charge in [0.25, 0.3) is 0 Å². The van der Waals surface area contributed by atoms with Gasteiger partial charge in [-0.1, -0.05) is 0 Å². The molecule has 0 atom stereocenters. The summed E-state index contributed by atoms with van der Waals surface area (Å²) in [5.74, 6) is 1.17. The van der Waals surface area contributed by atoms with Gasteiger partial charge in [-0.05, 0) is 34.5 Å². The third kappa shape index (κ3) is 1.09. The normalized spacial score (nSPS) is 10.9. The summed E-state index contributed by atoms with van der Waals surface area (Å²) in [5, 5.41) is 0.363. The number of hydrogen-bond donors (Lipinski definition) is 0. The van der Waals surface area contributed by atoms with E-state index in [0.29, 0.717) is 16.9 Å². The second-order valence-electron chi connectivity index (χ2n) is 2.26. The highest BCUT2D eigenvalue weighted by atomic mass is 79.9. The minimum absolute atomic E-state index is 0.363. The van der Waals surface area contributed by atoms with Crippen molar-refractivity contribution in [2.75, 3.05) is 0 Å². The quantitative estimate of drug-likeness (QED) is 0.713. The van der Waals surface area contributed by atoms with E-state index in [1.165, 1.54) is 0 Å². The lowest BCUT2D eigenvalue weighted by molar-refractivity contribution is 0.947. The molecule has 2 aromatic rings. The third-order valence-electron chi connectivity index (χ3n) is 1.40. The number of hydrogen-bond acceptors (Lipinski definition) is 3. The molecule has 2 heterocycles. The maximum Gasteiger partial charge on any atom is 0.238 e. The molecule has 0 aliphatic rings.